The summed E-state index contributed by atoms with van der Waals surface area (Å²) in [5.74, 6) is -1.89. The topological polar surface area (TPSA) is 144 Å². The highest BCUT2D eigenvalue weighted by molar-refractivity contribution is 9.10. The molecule has 18 heteroatoms. The number of carbonyl (C=O) groups is 2. The van der Waals surface area contributed by atoms with Crippen molar-refractivity contribution in [1.29, 1.82) is 0 Å². The molecule has 230 valence electrons. The average Bonchev–Trinajstić information content (AvgIpc) is 3.55. The Bertz CT molecular complexity index is 1900. The SMILES string of the molecule is O=C(Cn1c2c(c(=O)n3nc(Br)nc13)C1(CCN(C(=O)c3ncccc3O)CC1F)OC2)Nc1ccc(C(F)(F)F)cc1Cl. The zero-order chi connectivity index (χ0) is 31.6. The number of nitrogens with zero attached hydrogens (tertiary/aromatic N) is 6. The van der Waals surface area contributed by atoms with E-state index in [1.54, 1.807) is 0 Å². The Morgan fingerprint density at radius 2 is 2.05 bits per heavy atom. The molecule has 1 aromatic carbocycles. The van der Waals surface area contributed by atoms with Crippen molar-refractivity contribution in [2.75, 3.05) is 18.4 Å². The molecule has 2 unspecified atom stereocenters. The summed E-state index contributed by atoms with van der Waals surface area (Å²) in [6.45, 7) is -1.36. The molecule has 1 fully saturated rings. The van der Waals surface area contributed by atoms with Gasteiger partial charge in [0, 0.05) is 19.2 Å². The van der Waals surface area contributed by atoms with Crippen LogP contribution in [0.15, 0.2) is 46.1 Å². The summed E-state index contributed by atoms with van der Waals surface area (Å²) in [7, 11) is 0. The van der Waals surface area contributed by atoms with Gasteiger partial charge in [-0.1, -0.05) is 11.6 Å². The van der Waals surface area contributed by atoms with E-state index in [4.69, 9.17) is 16.3 Å². The maximum atomic E-state index is 16.1. The molecule has 5 heterocycles. The van der Waals surface area contributed by atoms with Gasteiger partial charge in [-0.15, -0.1) is 5.10 Å². The lowest BCUT2D eigenvalue weighted by Gasteiger charge is -2.41. The van der Waals surface area contributed by atoms with Crippen LogP contribution in [0.5, 0.6) is 5.75 Å². The van der Waals surface area contributed by atoms with Crippen LogP contribution in [0.4, 0.5) is 23.2 Å². The van der Waals surface area contributed by atoms with Crippen LogP contribution < -0.4 is 10.9 Å². The molecule has 0 aliphatic carbocycles. The molecule has 1 spiro atoms. The van der Waals surface area contributed by atoms with Crippen molar-refractivity contribution in [1.82, 2.24) is 29.0 Å². The maximum Gasteiger partial charge on any atom is 0.416 e. The van der Waals surface area contributed by atoms with Gasteiger partial charge < -0.3 is 24.6 Å². The van der Waals surface area contributed by atoms with Gasteiger partial charge in [0.05, 0.1) is 40.7 Å². The normalized spacial score (nSPS) is 19.9. The van der Waals surface area contributed by atoms with Crippen molar-refractivity contribution in [3.8, 4) is 5.75 Å². The first-order chi connectivity index (χ1) is 20.8. The lowest BCUT2D eigenvalue weighted by atomic mass is 9.83. The number of carbonyl (C=O) groups excluding carboxylic acids is 2. The first kappa shape index (κ1) is 30.0. The van der Waals surface area contributed by atoms with E-state index in [0.717, 1.165) is 21.5 Å². The predicted octanol–water partition coefficient (Wildman–Crippen LogP) is 3.67. The fourth-order valence-corrected chi connectivity index (χ4v) is 5.99. The van der Waals surface area contributed by atoms with Crippen LogP contribution >= 0.6 is 27.5 Å². The summed E-state index contributed by atoms with van der Waals surface area (Å²) < 4.78 is 63.3. The molecule has 3 aromatic heterocycles. The van der Waals surface area contributed by atoms with Gasteiger partial charge in [0.2, 0.25) is 16.4 Å². The molecule has 1 saturated heterocycles. The Kier molecular flexibility index (Phi) is 7.36. The van der Waals surface area contributed by atoms with Gasteiger partial charge >= 0.3 is 6.18 Å². The van der Waals surface area contributed by atoms with Crippen LogP contribution in [0.2, 0.25) is 5.02 Å². The Hall–Kier alpha value is -4.09. The monoisotopic (exact) mass is 699 g/mol. The molecular formula is C26H19BrClF4N7O5. The van der Waals surface area contributed by atoms with Crippen LogP contribution in [-0.2, 0) is 34.5 Å². The molecule has 2 aliphatic rings. The Morgan fingerprint density at radius 1 is 1.27 bits per heavy atom. The number of piperidine rings is 1. The van der Waals surface area contributed by atoms with Crippen LogP contribution in [0.1, 0.15) is 33.7 Å². The van der Waals surface area contributed by atoms with Crippen molar-refractivity contribution < 1.29 is 37.0 Å². The third-order valence-electron chi connectivity index (χ3n) is 7.50. The summed E-state index contributed by atoms with van der Waals surface area (Å²) in [5, 5.41) is 16.2. The molecule has 0 bridgehead atoms. The van der Waals surface area contributed by atoms with E-state index in [-0.39, 0.29) is 63.5 Å². The number of halogens is 6. The number of aromatic hydroxyl groups is 1. The molecule has 0 radical (unpaired) electrons. The summed E-state index contributed by atoms with van der Waals surface area (Å²) in [6.07, 6.45) is -5.38. The van der Waals surface area contributed by atoms with Crippen LogP contribution in [0, 0.1) is 0 Å². The third kappa shape index (κ3) is 4.97. The van der Waals surface area contributed by atoms with Gasteiger partial charge in [-0.25, -0.2) is 9.37 Å². The highest BCUT2D eigenvalue weighted by Crippen LogP contribution is 2.44. The minimum Gasteiger partial charge on any atom is -0.505 e. The first-order valence-corrected chi connectivity index (χ1v) is 14.0. The van der Waals surface area contributed by atoms with Gasteiger partial charge in [-0.3, -0.25) is 14.4 Å². The number of ether oxygens (including phenoxy) is 1. The lowest BCUT2D eigenvalue weighted by molar-refractivity contribution is -0.137. The van der Waals surface area contributed by atoms with Crippen molar-refractivity contribution in [3.05, 3.63) is 79.2 Å². The van der Waals surface area contributed by atoms with Crippen LogP contribution in [0.3, 0.4) is 0 Å². The molecule has 12 nitrogen and oxygen atoms in total. The van der Waals surface area contributed by atoms with E-state index in [0.29, 0.717) is 6.07 Å². The minimum absolute atomic E-state index is 0.000525. The Labute approximate surface area is 257 Å². The number of hydrogen-bond donors (Lipinski definition) is 2. The second-order valence-electron chi connectivity index (χ2n) is 10.1. The van der Waals surface area contributed by atoms with Gasteiger partial charge in [0.25, 0.3) is 11.5 Å². The molecule has 2 amide bonds. The summed E-state index contributed by atoms with van der Waals surface area (Å²) in [4.78, 5) is 49.0. The molecule has 44 heavy (non-hydrogen) atoms. The molecule has 4 aromatic rings. The Morgan fingerprint density at radius 3 is 2.73 bits per heavy atom. The van der Waals surface area contributed by atoms with Crippen molar-refractivity contribution >= 4 is 50.8 Å². The smallest absolute Gasteiger partial charge is 0.416 e. The molecular weight excluding hydrogens is 682 g/mol. The zero-order valence-electron chi connectivity index (χ0n) is 22.1. The Balaban J connectivity index is 1.33. The number of alkyl halides is 4. The van der Waals surface area contributed by atoms with E-state index in [9.17, 15) is 32.7 Å². The molecule has 2 atom stereocenters. The summed E-state index contributed by atoms with van der Waals surface area (Å²) in [5.41, 5.74) is -3.84. The summed E-state index contributed by atoms with van der Waals surface area (Å²) >= 11 is 9.09. The first-order valence-electron chi connectivity index (χ1n) is 12.9. The predicted molar refractivity (Wildman–Crippen MR) is 148 cm³/mol. The van der Waals surface area contributed by atoms with Gasteiger partial charge in [0.15, 0.2) is 11.9 Å². The number of pyridine rings is 1. The quantitative estimate of drug-likeness (QED) is 0.307. The number of anilines is 1. The molecule has 2 aliphatic heterocycles. The second kappa shape index (κ2) is 10.8. The number of rotatable bonds is 4. The van der Waals surface area contributed by atoms with Crippen molar-refractivity contribution in [2.45, 2.75) is 37.5 Å². The molecule has 6 rings (SSSR count). The van der Waals surface area contributed by atoms with Gasteiger partial charge in [-0.2, -0.15) is 22.7 Å². The number of fused-ring (bicyclic) bond motifs is 3. The number of benzene rings is 1. The van der Waals surface area contributed by atoms with E-state index < -0.39 is 54.0 Å². The van der Waals surface area contributed by atoms with E-state index in [2.05, 4.69) is 36.3 Å². The number of aromatic nitrogens is 5. The average molecular weight is 701 g/mol. The minimum atomic E-state index is -4.64. The zero-order valence-corrected chi connectivity index (χ0v) is 24.5. The standard InChI is InChI=1S/C26H19BrClF4N7O5/c27-23-35-24-38(10-18(41)34-14-4-3-12(8-13(14)28)26(30,31)32)15-11-44-25(19(15)21(42)39(24)36-23)5-7-37(9-17(25)29)22(43)20-16(40)2-1-6-33-20/h1-4,6,8,17,40H,5,7,9-11H2,(H,34,41). The number of nitrogens with one attached hydrogen (secondary N) is 1. The van der Waals surface area contributed by atoms with E-state index in [1.165, 1.54) is 22.9 Å². The molecule has 2 N–H and O–H groups in total. The van der Waals surface area contributed by atoms with Gasteiger partial charge in [0.1, 0.15) is 17.9 Å². The fourth-order valence-electron chi connectivity index (χ4n) is 5.44. The maximum absolute atomic E-state index is 16.1. The van der Waals surface area contributed by atoms with Crippen LogP contribution in [0.25, 0.3) is 5.78 Å². The highest BCUT2D eigenvalue weighted by Gasteiger charge is 2.54. The second-order valence-corrected chi connectivity index (χ2v) is 11.2. The van der Waals surface area contributed by atoms with E-state index >= 15 is 4.39 Å². The third-order valence-corrected chi connectivity index (χ3v) is 8.15. The molecule has 0 saturated carbocycles. The highest BCUT2D eigenvalue weighted by atomic mass is 79.9. The lowest BCUT2D eigenvalue weighted by Crippen LogP contribution is -2.55. The number of amides is 2. The largest absolute Gasteiger partial charge is 0.505 e. The van der Waals surface area contributed by atoms with Crippen molar-refractivity contribution in [3.63, 3.8) is 0 Å². The van der Waals surface area contributed by atoms with Crippen LogP contribution in [-0.4, -0.2) is 65.2 Å². The van der Waals surface area contributed by atoms with E-state index in [1.807, 2.05) is 0 Å². The fraction of sp³-hybridized carbons (Fsp3) is 0.308. The van der Waals surface area contributed by atoms with Crippen molar-refractivity contribution in [2.24, 2.45) is 0 Å². The summed E-state index contributed by atoms with van der Waals surface area (Å²) in [6, 6.07) is 5.16. The number of hydrogen-bond acceptors (Lipinski definition) is 8. The van der Waals surface area contributed by atoms with Gasteiger partial charge in [-0.05, 0) is 46.3 Å². The number of likely N-dealkylation sites (tertiary alicyclic amines) is 1.